The van der Waals surface area contributed by atoms with Crippen LogP contribution in [0.4, 0.5) is 5.69 Å². The Morgan fingerprint density at radius 2 is 1.83 bits per heavy atom. The van der Waals surface area contributed by atoms with Crippen molar-refractivity contribution in [3.05, 3.63) is 28.8 Å². The first-order valence-electron chi connectivity index (χ1n) is 6.81. The van der Waals surface area contributed by atoms with E-state index in [0.717, 1.165) is 42.0 Å². The van der Waals surface area contributed by atoms with E-state index >= 15 is 0 Å². The van der Waals surface area contributed by atoms with E-state index < -0.39 is 0 Å². The van der Waals surface area contributed by atoms with E-state index in [9.17, 15) is 0 Å². The number of hydrogen-bond acceptors (Lipinski definition) is 2. The predicted molar refractivity (Wildman–Crippen MR) is 81.4 cm³/mol. The lowest BCUT2D eigenvalue weighted by molar-refractivity contribution is 0.401. The molecule has 1 aromatic rings. The maximum Gasteiger partial charge on any atom is 0.0495 e. The van der Waals surface area contributed by atoms with E-state index in [4.69, 9.17) is 17.3 Å². The van der Waals surface area contributed by atoms with Crippen LogP contribution in [0.3, 0.4) is 0 Å². The summed E-state index contributed by atoms with van der Waals surface area (Å²) in [6.07, 6.45) is 4.43. The van der Waals surface area contributed by atoms with Gasteiger partial charge in [-0.05, 0) is 37.5 Å². The number of benzene rings is 1. The number of nitrogens with one attached hydrogen (secondary N) is 1. The number of anilines is 1. The summed E-state index contributed by atoms with van der Waals surface area (Å²) in [5.74, 6) is 0. The normalized spacial score (nSPS) is 11.6. The van der Waals surface area contributed by atoms with Gasteiger partial charge in [0, 0.05) is 22.8 Å². The molecule has 3 heteroatoms. The monoisotopic (exact) mass is 268 g/mol. The molecule has 0 aliphatic rings. The van der Waals surface area contributed by atoms with Gasteiger partial charge in [0.1, 0.15) is 0 Å². The molecule has 3 N–H and O–H groups in total. The lowest BCUT2D eigenvalue weighted by atomic mass is 9.88. The van der Waals surface area contributed by atoms with Crippen LogP contribution in [-0.2, 0) is 0 Å². The third-order valence-corrected chi connectivity index (χ3v) is 3.84. The topological polar surface area (TPSA) is 38.0 Å². The van der Waals surface area contributed by atoms with Crippen molar-refractivity contribution in [2.24, 2.45) is 5.73 Å². The summed E-state index contributed by atoms with van der Waals surface area (Å²) in [4.78, 5) is 0. The molecule has 1 rings (SSSR count). The SMILES string of the molecule is CCCC(CN)(CCC)Nc1ccc(C)c(Cl)c1. The quantitative estimate of drug-likeness (QED) is 0.771. The molecular weight excluding hydrogens is 244 g/mol. The van der Waals surface area contributed by atoms with Crippen LogP contribution < -0.4 is 11.1 Å². The van der Waals surface area contributed by atoms with Crippen LogP contribution in [0.1, 0.15) is 45.1 Å². The van der Waals surface area contributed by atoms with Gasteiger partial charge in [-0.1, -0.05) is 44.4 Å². The molecule has 2 nitrogen and oxygen atoms in total. The molecule has 0 saturated heterocycles. The van der Waals surface area contributed by atoms with Crippen molar-refractivity contribution in [3.63, 3.8) is 0 Å². The first kappa shape index (κ1) is 15.3. The number of aryl methyl sites for hydroxylation is 1. The maximum atomic E-state index is 6.17. The zero-order valence-electron chi connectivity index (χ0n) is 11.7. The summed E-state index contributed by atoms with van der Waals surface area (Å²) >= 11 is 6.17. The Morgan fingerprint density at radius 1 is 1.22 bits per heavy atom. The zero-order chi connectivity index (χ0) is 13.6. The molecule has 0 heterocycles. The summed E-state index contributed by atoms with van der Waals surface area (Å²) in [5, 5.41) is 4.41. The smallest absolute Gasteiger partial charge is 0.0495 e. The Hall–Kier alpha value is -0.730. The second kappa shape index (κ2) is 7.01. The molecule has 0 fully saturated rings. The Bertz CT molecular complexity index is 371. The highest BCUT2D eigenvalue weighted by atomic mass is 35.5. The second-order valence-corrected chi connectivity index (χ2v) is 5.48. The van der Waals surface area contributed by atoms with Crippen molar-refractivity contribution in [2.45, 2.75) is 52.0 Å². The highest BCUT2D eigenvalue weighted by molar-refractivity contribution is 6.31. The van der Waals surface area contributed by atoms with Gasteiger partial charge in [0.25, 0.3) is 0 Å². The Morgan fingerprint density at radius 3 is 2.28 bits per heavy atom. The van der Waals surface area contributed by atoms with Gasteiger partial charge in [0.05, 0.1) is 0 Å². The van der Waals surface area contributed by atoms with Gasteiger partial charge >= 0.3 is 0 Å². The lowest BCUT2D eigenvalue weighted by Gasteiger charge is -2.34. The Kier molecular flexibility index (Phi) is 5.97. The summed E-state index contributed by atoms with van der Waals surface area (Å²) in [6, 6.07) is 6.12. The van der Waals surface area contributed by atoms with Gasteiger partial charge in [-0.15, -0.1) is 0 Å². The molecule has 0 aromatic heterocycles. The Labute approximate surface area is 116 Å². The molecule has 0 atom stereocenters. The van der Waals surface area contributed by atoms with Crippen LogP contribution >= 0.6 is 11.6 Å². The van der Waals surface area contributed by atoms with Crippen LogP contribution in [-0.4, -0.2) is 12.1 Å². The molecule has 0 aliphatic carbocycles. The predicted octanol–water partition coefficient (Wildman–Crippen LogP) is 4.36. The van der Waals surface area contributed by atoms with Gasteiger partial charge in [-0.2, -0.15) is 0 Å². The fourth-order valence-corrected chi connectivity index (χ4v) is 2.62. The van der Waals surface area contributed by atoms with Crippen molar-refractivity contribution in [2.75, 3.05) is 11.9 Å². The van der Waals surface area contributed by atoms with Crippen molar-refractivity contribution < 1.29 is 0 Å². The largest absolute Gasteiger partial charge is 0.378 e. The molecule has 102 valence electrons. The van der Waals surface area contributed by atoms with E-state index in [1.54, 1.807) is 0 Å². The molecule has 0 aliphatic heterocycles. The standard InChI is InChI=1S/C15H25ClN2/c1-4-8-15(11-17,9-5-2)18-13-7-6-12(3)14(16)10-13/h6-7,10,18H,4-5,8-9,11,17H2,1-3H3. The van der Waals surface area contributed by atoms with E-state index in [2.05, 4.69) is 25.2 Å². The maximum absolute atomic E-state index is 6.17. The molecule has 0 unspecified atom stereocenters. The van der Waals surface area contributed by atoms with Gasteiger partial charge in [-0.25, -0.2) is 0 Å². The van der Waals surface area contributed by atoms with Crippen molar-refractivity contribution in [3.8, 4) is 0 Å². The fourth-order valence-electron chi connectivity index (χ4n) is 2.44. The van der Waals surface area contributed by atoms with Gasteiger partial charge in [0.15, 0.2) is 0 Å². The minimum Gasteiger partial charge on any atom is -0.378 e. The molecule has 18 heavy (non-hydrogen) atoms. The highest BCUT2D eigenvalue weighted by Crippen LogP contribution is 2.27. The molecule has 0 saturated carbocycles. The van der Waals surface area contributed by atoms with Crippen LogP contribution in [0.15, 0.2) is 18.2 Å². The summed E-state index contributed by atoms with van der Waals surface area (Å²) in [6.45, 7) is 7.06. The molecule has 0 spiro atoms. The van der Waals surface area contributed by atoms with Gasteiger partial charge < -0.3 is 11.1 Å². The van der Waals surface area contributed by atoms with Crippen LogP contribution in [0.2, 0.25) is 5.02 Å². The minimum atomic E-state index is 0.00207. The van der Waals surface area contributed by atoms with Gasteiger partial charge in [0.2, 0.25) is 0 Å². The van der Waals surface area contributed by atoms with E-state index in [1.807, 2.05) is 19.1 Å². The number of nitrogens with two attached hydrogens (primary N) is 1. The average molecular weight is 269 g/mol. The number of rotatable bonds is 7. The molecule has 0 radical (unpaired) electrons. The second-order valence-electron chi connectivity index (χ2n) is 5.07. The number of halogens is 1. The third kappa shape index (κ3) is 3.89. The summed E-state index contributed by atoms with van der Waals surface area (Å²) in [5.41, 5.74) is 8.17. The van der Waals surface area contributed by atoms with Crippen LogP contribution in [0.25, 0.3) is 0 Å². The molecular formula is C15H25ClN2. The van der Waals surface area contributed by atoms with Crippen molar-refractivity contribution >= 4 is 17.3 Å². The first-order valence-corrected chi connectivity index (χ1v) is 7.19. The lowest BCUT2D eigenvalue weighted by Crippen LogP contribution is -2.45. The van der Waals surface area contributed by atoms with E-state index in [-0.39, 0.29) is 5.54 Å². The van der Waals surface area contributed by atoms with E-state index in [0.29, 0.717) is 6.54 Å². The summed E-state index contributed by atoms with van der Waals surface area (Å²) < 4.78 is 0. The van der Waals surface area contributed by atoms with Crippen molar-refractivity contribution in [1.29, 1.82) is 0 Å². The van der Waals surface area contributed by atoms with Gasteiger partial charge in [-0.3, -0.25) is 0 Å². The first-order chi connectivity index (χ1) is 8.56. The third-order valence-electron chi connectivity index (χ3n) is 3.43. The minimum absolute atomic E-state index is 0.00207. The Balaban J connectivity index is 2.90. The average Bonchev–Trinajstić information content (AvgIpc) is 2.34. The summed E-state index contributed by atoms with van der Waals surface area (Å²) in [7, 11) is 0. The van der Waals surface area contributed by atoms with Crippen molar-refractivity contribution in [1.82, 2.24) is 0 Å². The molecule has 1 aromatic carbocycles. The molecule has 0 bridgehead atoms. The van der Waals surface area contributed by atoms with Crippen LogP contribution in [0.5, 0.6) is 0 Å². The van der Waals surface area contributed by atoms with E-state index in [1.165, 1.54) is 0 Å². The highest BCUT2D eigenvalue weighted by Gasteiger charge is 2.26. The zero-order valence-corrected chi connectivity index (χ0v) is 12.5. The van der Waals surface area contributed by atoms with Crippen LogP contribution in [0, 0.1) is 6.92 Å². The molecule has 0 amide bonds. The number of hydrogen-bond donors (Lipinski definition) is 2. The fraction of sp³-hybridized carbons (Fsp3) is 0.600.